The monoisotopic (exact) mass is 865 g/mol. The first-order valence-corrected chi connectivity index (χ1v) is 21.1. The number of ether oxygens (including phenoxy) is 2. The fourth-order valence-electron chi connectivity index (χ4n) is 8.23. The number of carboxylic acid groups (broad SMARTS) is 1. The third-order valence-electron chi connectivity index (χ3n) is 12.1. The third kappa shape index (κ3) is 15.0. The third-order valence-corrected chi connectivity index (χ3v) is 12.1. The summed E-state index contributed by atoms with van der Waals surface area (Å²) >= 11 is 0. The quantitative estimate of drug-likeness (QED) is 0.0640. The average molecular weight is 867 g/mol. The van der Waals surface area contributed by atoms with Gasteiger partial charge in [-0.25, -0.2) is 0 Å². The summed E-state index contributed by atoms with van der Waals surface area (Å²) in [5.41, 5.74) is 4.09. The zero-order valence-corrected chi connectivity index (χ0v) is 37.1. The summed E-state index contributed by atoms with van der Waals surface area (Å²) in [6, 6.07) is 0. The summed E-state index contributed by atoms with van der Waals surface area (Å²) in [6.45, 7) is 20.1. The van der Waals surface area contributed by atoms with Crippen molar-refractivity contribution in [2.45, 2.75) is 115 Å². The number of hydrogen-bond acceptors (Lipinski definition) is 11. The Bertz CT molecular complexity index is 1510. The number of carbonyl (C=O) groups is 6. The van der Waals surface area contributed by atoms with Gasteiger partial charge < -0.3 is 40.3 Å². The van der Waals surface area contributed by atoms with Crippen molar-refractivity contribution < 1.29 is 53.6 Å². The number of allylic oxidation sites excluding steroid dienone is 3. The Balaban J connectivity index is 0.000000497. The minimum absolute atomic E-state index is 0. The minimum atomic E-state index is -0.991. The van der Waals surface area contributed by atoms with Crippen LogP contribution in [-0.4, -0.2) is 119 Å². The number of aliphatic carboxylic acids is 1. The summed E-state index contributed by atoms with van der Waals surface area (Å²) in [5, 5.41) is 28.8. The van der Waals surface area contributed by atoms with E-state index in [-0.39, 0.29) is 86.1 Å². The van der Waals surface area contributed by atoms with Gasteiger partial charge in [-0.15, -0.1) is 38.7 Å². The summed E-state index contributed by atoms with van der Waals surface area (Å²) in [7, 11) is 3.44. The number of carbonyl (C=O) groups excluding carboxylic acids is 5. The molecule has 0 aromatic rings. The van der Waals surface area contributed by atoms with Gasteiger partial charge in [-0.2, -0.15) is 0 Å². The van der Waals surface area contributed by atoms with Gasteiger partial charge in [0.15, 0.2) is 0 Å². The highest BCUT2D eigenvalue weighted by Gasteiger charge is 2.61. The summed E-state index contributed by atoms with van der Waals surface area (Å²) < 4.78 is 9.98. The number of ketones is 1. The summed E-state index contributed by atoms with van der Waals surface area (Å²) in [6.07, 6.45) is 13.5. The Hall–Kier alpha value is -3.85. The molecule has 340 valence electrons. The molecular formula is C45H72ClN3O11. The van der Waals surface area contributed by atoms with Crippen molar-refractivity contribution in [1.82, 2.24) is 9.80 Å². The van der Waals surface area contributed by atoms with Crippen LogP contribution in [-0.2, 0) is 38.2 Å². The van der Waals surface area contributed by atoms with Crippen molar-refractivity contribution >= 4 is 47.9 Å². The number of Topliss-reactive ketones (excluding diaryl/α,β-unsaturated/α-hetero) is 1. The lowest BCUT2D eigenvalue weighted by Crippen LogP contribution is -2.38. The average Bonchev–Trinajstić information content (AvgIpc) is 3.98. The van der Waals surface area contributed by atoms with Gasteiger partial charge in [0, 0.05) is 45.4 Å². The number of unbranched alkanes of at least 4 members (excludes halogenated alkanes) is 4. The van der Waals surface area contributed by atoms with Crippen LogP contribution in [0, 0.1) is 40.9 Å². The fraction of sp³-hybridized carbons (Fsp3) is 0.689. The molecule has 4 aliphatic carbocycles. The lowest BCUT2D eigenvalue weighted by atomic mass is 9.84. The number of nitrogens with two attached hydrogens (primary N) is 1. The SMILES string of the molecule is C=CCCCCN(C)C(=O)[C@@H]1C[C@@H](O)C[C@H]1C(=O)C[C@]1(C(=O)OCC)C[C@H]1C=C.C=CCCCCN(C)C(=O)[C@@H]1C[C@@H](O)C[C@H]1C(=O)O.C=C[C@@H]1C[C@]1(N)C(=O)OCC.Cl. The van der Waals surface area contributed by atoms with Gasteiger partial charge in [0.1, 0.15) is 11.3 Å². The molecule has 0 saturated heterocycles. The molecule has 5 N–H and O–H groups in total. The number of halogens is 1. The summed E-state index contributed by atoms with van der Waals surface area (Å²) in [4.78, 5) is 76.2. The van der Waals surface area contributed by atoms with Crippen LogP contribution in [0.5, 0.6) is 0 Å². The first-order chi connectivity index (χ1) is 27.9. The van der Waals surface area contributed by atoms with E-state index in [2.05, 4.69) is 26.3 Å². The zero-order valence-electron chi connectivity index (χ0n) is 36.3. The maximum atomic E-state index is 13.1. The Kier molecular flexibility index (Phi) is 23.3. The predicted molar refractivity (Wildman–Crippen MR) is 232 cm³/mol. The molecular weight excluding hydrogens is 794 g/mol. The number of nitrogens with zero attached hydrogens (tertiary/aromatic N) is 2. The Morgan fingerprint density at radius 1 is 0.683 bits per heavy atom. The summed E-state index contributed by atoms with van der Waals surface area (Å²) in [5.74, 6) is -4.42. The van der Waals surface area contributed by atoms with Crippen LogP contribution in [0.25, 0.3) is 0 Å². The second-order valence-corrected chi connectivity index (χ2v) is 16.5. The van der Waals surface area contributed by atoms with Crippen LogP contribution < -0.4 is 5.73 Å². The van der Waals surface area contributed by atoms with E-state index in [1.54, 1.807) is 49.9 Å². The highest BCUT2D eigenvalue weighted by Crippen LogP contribution is 2.58. The van der Waals surface area contributed by atoms with Crippen LogP contribution in [0.4, 0.5) is 0 Å². The van der Waals surface area contributed by atoms with E-state index in [1.165, 1.54) is 0 Å². The number of hydrogen-bond donors (Lipinski definition) is 4. The van der Waals surface area contributed by atoms with E-state index in [9.17, 15) is 39.0 Å². The molecule has 0 aromatic heterocycles. The molecule has 0 unspecified atom stereocenters. The first kappa shape index (κ1) is 54.2. The number of carboxylic acids is 1. The molecule has 0 heterocycles. The van der Waals surface area contributed by atoms with E-state index in [0.29, 0.717) is 39.0 Å². The Labute approximate surface area is 363 Å². The molecule has 0 aliphatic heterocycles. The second-order valence-electron chi connectivity index (χ2n) is 16.5. The first-order valence-electron chi connectivity index (χ1n) is 21.1. The fourth-order valence-corrected chi connectivity index (χ4v) is 8.23. The van der Waals surface area contributed by atoms with E-state index in [4.69, 9.17) is 20.3 Å². The van der Waals surface area contributed by atoms with E-state index >= 15 is 0 Å². The lowest BCUT2D eigenvalue weighted by Gasteiger charge is -2.25. The number of rotatable bonds is 22. The highest BCUT2D eigenvalue weighted by atomic mass is 35.5. The van der Waals surface area contributed by atoms with Gasteiger partial charge in [0.05, 0.1) is 48.6 Å². The van der Waals surface area contributed by atoms with Crippen molar-refractivity contribution in [2.75, 3.05) is 40.4 Å². The molecule has 4 saturated carbocycles. The smallest absolute Gasteiger partial charge is 0.326 e. The molecule has 0 aromatic carbocycles. The van der Waals surface area contributed by atoms with Gasteiger partial charge in [-0.3, -0.25) is 28.8 Å². The van der Waals surface area contributed by atoms with Crippen molar-refractivity contribution in [2.24, 2.45) is 46.7 Å². The number of aliphatic hydroxyl groups excluding tert-OH is 2. The molecule has 4 rings (SSSR count). The van der Waals surface area contributed by atoms with Gasteiger partial charge in [0.25, 0.3) is 0 Å². The van der Waals surface area contributed by atoms with Crippen molar-refractivity contribution in [3.8, 4) is 0 Å². The van der Waals surface area contributed by atoms with Crippen LogP contribution in [0.3, 0.4) is 0 Å². The maximum absolute atomic E-state index is 13.1. The predicted octanol–water partition coefficient (Wildman–Crippen LogP) is 5.05. The van der Waals surface area contributed by atoms with Crippen LogP contribution in [0.15, 0.2) is 50.6 Å². The van der Waals surface area contributed by atoms with Crippen LogP contribution >= 0.6 is 12.4 Å². The second kappa shape index (κ2) is 25.8. The van der Waals surface area contributed by atoms with E-state index in [0.717, 1.165) is 38.5 Å². The largest absolute Gasteiger partial charge is 0.481 e. The van der Waals surface area contributed by atoms with Crippen molar-refractivity contribution in [3.05, 3.63) is 50.6 Å². The van der Waals surface area contributed by atoms with Gasteiger partial charge in [-0.05, 0) is 96.8 Å². The molecule has 60 heavy (non-hydrogen) atoms. The molecule has 0 radical (unpaired) electrons. The standard InChI is InChI=1S/C23H35NO5.C14H23NO4.C8H13NO2.ClH/c1-5-8-9-10-11-24(4)21(27)19-13-17(25)12-18(19)20(26)15-23(14-16(23)6-2)22(28)29-7-3;1-3-4-5-6-7-15(2)13(17)11-8-10(16)9-12(11)14(18)19;1-3-6-5-8(6,9)7(10)11-4-2;/h5-6,16-19,25H,1-2,7-15H2,3-4H3;3,10-12,16H,1,4-9H2,2H3,(H,18,19);3,6H,1,4-5,9H2,2H3;1H/t16-,17+,18-,19-,23-;10-,11-,12-;6-,8-;/m111./s1. The molecule has 2 amide bonds. The van der Waals surface area contributed by atoms with E-state index in [1.807, 2.05) is 12.2 Å². The molecule has 4 fully saturated rings. The van der Waals surface area contributed by atoms with Crippen LogP contribution in [0.2, 0.25) is 0 Å². The molecule has 0 bridgehead atoms. The van der Waals surface area contributed by atoms with Gasteiger partial charge >= 0.3 is 17.9 Å². The Morgan fingerprint density at radius 3 is 1.52 bits per heavy atom. The topological polar surface area (TPSA) is 214 Å². The molecule has 0 spiro atoms. The lowest BCUT2D eigenvalue weighted by molar-refractivity contribution is -0.152. The number of esters is 2. The number of aliphatic hydroxyl groups is 2. The van der Waals surface area contributed by atoms with Crippen molar-refractivity contribution in [3.63, 3.8) is 0 Å². The normalized spacial score (nSPS) is 29.3. The van der Waals surface area contributed by atoms with Crippen LogP contribution in [0.1, 0.15) is 97.3 Å². The van der Waals surface area contributed by atoms with Gasteiger partial charge in [-0.1, -0.05) is 24.3 Å². The zero-order chi connectivity index (χ0) is 44.5. The highest BCUT2D eigenvalue weighted by molar-refractivity contribution is 5.94. The maximum Gasteiger partial charge on any atom is 0.326 e. The van der Waals surface area contributed by atoms with Gasteiger partial charge in [0.2, 0.25) is 11.8 Å². The van der Waals surface area contributed by atoms with Crippen molar-refractivity contribution in [1.29, 1.82) is 0 Å². The molecule has 4 aliphatic rings. The number of amides is 2. The molecule has 10 atom stereocenters. The van der Waals surface area contributed by atoms with E-state index < -0.39 is 52.8 Å². The minimum Gasteiger partial charge on any atom is -0.481 e. The molecule has 15 heteroatoms. The molecule has 14 nitrogen and oxygen atoms in total. The Morgan fingerprint density at radius 2 is 1.12 bits per heavy atom.